The SMILES string of the molecule is CC(=O)C1(NC(=O)c2c(O)cccc2O)C(=O)N2[C@@H](C(=O)O)C(C)(C)S[C@@H]21. The molecule has 2 saturated heterocycles. The summed E-state index contributed by atoms with van der Waals surface area (Å²) in [6.45, 7) is 4.41. The molecular formula is C17H18N2O7S. The molecule has 3 atom stereocenters. The molecule has 1 aromatic rings. The smallest absolute Gasteiger partial charge is 0.327 e. The lowest BCUT2D eigenvalue weighted by Gasteiger charge is -2.51. The number of benzene rings is 1. The molecule has 0 radical (unpaired) electrons. The van der Waals surface area contributed by atoms with Crippen molar-refractivity contribution in [2.75, 3.05) is 0 Å². The number of β-lactam (4-membered cyclic amide) rings is 1. The zero-order valence-electron chi connectivity index (χ0n) is 14.7. The van der Waals surface area contributed by atoms with Gasteiger partial charge in [0.15, 0.2) is 5.78 Å². The van der Waals surface area contributed by atoms with Crippen LogP contribution in [0.3, 0.4) is 0 Å². The second-order valence-corrected chi connectivity index (χ2v) is 8.75. The van der Waals surface area contributed by atoms with Crippen molar-refractivity contribution < 1.29 is 34.5 Å². The number of nitrogens with zero attached hydrogens (tertiary/aromatic N) is 1. The van der Waals surface area contributed by atoms with Crippen molar-refractivity contribution in [1.29, 1.82) is 0 Å². The van der Waals surface area contributed by atoms with E-state index < -0.39 is 62.3 Å². The Labute approximate surface area is 158 Å². The number of carboxylic acids is 1. The van der Waals surface area contributed by atoms with E-state index in [4.69, 9.17) is 0 Å². The zero-order chi connectivity index (χ0) is 20.3. The topological polar surface area (TPSA) is 144 Å². The maximum Gasteiger partial charge on any atom is 0.327 e. The van der Waals surface area contributed by atoms with Crippen molar-refractivity contribution >= 4 is 35.3 Å². The molecule has 1 unspecified atom stereocenters. The van der Waals surface area contributed by atoms with Crippen molar-refractivity contribution in [2.45, 2.75) is 42.5 Å². The Morgan fingerprint density at radius 2 is 1.74 bits per heavy atom. The van der Waals surface area contributed by atoms with E-state index in [2.05, 4.69) is 5.32 Å². The van der Waals surface area contributed by atoms with Gasteiger partial charge in [0.05, 0.1) is 0 Å². The number of nitrogens with one attached hydrogen (secondary N) is 1. The number of rotatable bonds is 4. The van der Waals surface area contributed by atoms with Crippen LogP contribution in [0.2, 0.25) is 0 Å². The highest BCUT2D eigenvalue weighted by Gasteiger charge is 2.74. The molecule has 2 aliphatic rings. The Hall–Kier alpha value is -2.75. The number of phenolic OH excluding ortho intramolecular Hbond substituents is 2. The Bertz CT molecular complexity index is 864. The lowest BCUT2D eigenvalue weighted by Crippen LogP contribution is -2.82. The molecule has 10 heteroatoms. The van der Waals surface area contributed by atoms with Gasteiger partial charge in [-0.1, -0.05) is 6.07 Å². The maximum atomic E-state index is 12.8. The van der Waals surface area contributed by atoms with Gasteiger partial charge in [0, 0.05) is 4.75 Å². The molecule has 144 valence electrons. The largest absolute Gasteiger partial charge is 0.507 e. The Kier molecular flexibility index (Phi) is 4.14. The summed E-state index contributed by atoms with van der Waals surface area (Å²) in [5.74, 6) is -4.73. The number of carbonyl (C=O) groups excluding carboxylic acids is 3. The van der Waals surface area contributed by atoms with Gasteiger partial charge in [0.25, 0.3) is 11.8 Å². The average molecular weight is 394 g/mol. The summed E-state index contributed by atoms with van der Waals surface area (Å²) < 4.78 is -0.884. The molecule has 2 aliphatic heterocycles. The number of thioether (sulfide) groups is 1. The number of carboxylic acid groups (broad SMARTS) is 1. The minimum Gasteiger partial charge on any atom is -0.507 e. The quantitative estimate of drug-likeness (QED) is 0.422. The number of aromatic hydroxyl groups is 2. The third-order valence-corrected chi connectivity index (χ3v) is 6.53. The molecule has 3 rings (SSSR count). The third-order valence-electron chi connectivity index (χ3n) is 4.89. The predicted octanol–water partition coefficient (Wildman–Crippen LogP) is 0.302. The molecule has 2 amide bonds. The van der Waals surface area contributed by atoms with Crippen LogP contribution >= 0.6 is 11.8 Å². The van der Waals surface area contributed by atoms with Crippen LogP contribution < -0.4 is 5.32 Å². The first-order valence-electron chi connectivity index (χ1n) is 8.03. The summed E-state index contributed by atoms with van der Waals surface area (Å²) in [4.78, 5) is 50.5. The van der Waals surface area contributed by atoms with Gasteiger partial charge in [0.1, 0.15) is 28.5 Å². The first-order valence-corrected chi connectivity index (χ1v) is 8.91. The predicted molar refractivity (Wildman–Crippen MR) is 94.4 cm³/mol. The summed E-state index contributed by atoms with van der Waals surface area (Å²) in [6.07, 6.45) is 0. The summed E-state index contributed by atoms with van der Waals surface area (Å²) in [5, 5.41) is 30.6. The van der Waals surface area contributed by atoms with Gasteiger partial charge in [-0.05, 0) is 32.9 Å². The number of fused-ring (bicyclic) bond motifs is 1. The lowest BCUT2D eigenvalue weighted by atomic mass is 9.81. The van der Waals surface area contributed by atoms with Crippen LogP contribution in [0.1, 0.15) is 31.1 Å². The molecule has 1 aromatic carbocycles. The molecule has 0 aromatic heterocycles. The van der Waals surface area contributed by atoms with E-state index in [-0.39, 0.29) is 0 Å². The van der Waals surface area contributed by atoms with E-state index >= 15 is 0 Å². The van der Waals surface area contributed by atoms with Gasteiger partial charge in [-0.15, -0.1) is 11.8 Å². The first-order chi connectivity index (χ1) is 12.4. The van der Waals surface area contributed by atoms with E-state index in [9.17, 15) is 34.5 Å². The normalized spacial score (nSPS) is 28.3. The highest BCUT2D eigenvalue weighted by molar-refractivity contribution is 8.01. The number of hydrogen-bond donors (Lipinski definition) is 4. The van der Waals surface area contributed by atoms with Crippen molar-refractivity contribution in [3.8, 4) is 11.5 Å². The van der Waals surface area contributed by atoms with Gasteiger partial charge in [-0.25, -0.2) is 4.79 Å². The molecule has 27 heavy (non-hydrogen) atoms. The number of hydrogen-bond acceptors (Lipinski definition) is 7. The van der Waals surface area contributed by atoms with E-state index in [1.807, 2.05) is 0 Å². The number of amides is 2. The highest BCUT2D eigenvalue weighted by Crippen LogP contribution is 2.55. The summed E-state index contributed by atoms with van der Waals surface area (Å²) in [5.41, 5.74) is -2.43. The fourth-order valence-electron chi connectivity index (χ4n) is 3.59. The zero-order valence-corrected chi connectivity index (χ0v) is 15.5. The van der Waals surface area contributed by atoms with E-state index in [0.717, 1.165) is 23.6 Å². The van der Waals surface area contributed by atoms with Gasteiger partial charge in [-0.2, -0.15) is 0 Å². The Morgan fingerprint density at radius 3 is 2.22 bits per heavy atom. The van der Waals surface area contributed by atoms with Crippen LogP contribution in [0, 0.1) is 0 Å². The molecular weight excluding hydrogens is 376 g/mol. The van der Waals surface area contributed by atoms with Crippen molar-refractivity contribution in [3.05, 3.63) is 23.8 Å². The van der Waals surface area contributed by atoms with Crippen LogP contribution in [0.25, 0.3) is 0 Å². The average Bonchev–Trinajstić information content (AvgIpc) is 2.81. The van der Waals surface area contributed by atoms with Gasteiger partial charge < -0.3 is 25.5 Å². The van der Waals surface area contributed by atoms with Crippen LogP contribution in [0.5, 0.6) is 11.5 Å². The molecule has 0 saturated carbocycles. The summed E-state index contributed by atoms with van der Waals surface area (Å²) in [7, 11) is 0. The molecule has 0 spiro atoms. The fraction of sp³-hybridized carbons (Fsp3) is 0.412. The van der Waals surface area contributed by atoms with Gasteiger partial charge >= 0.3 is 5.97 Å². The van der Waals surface area contributed by atoms with E-state index in [1.165, 1.54) is 18.2 Å². The Morgan fingerprint density at radius 1 is 1.19 bits per heavy atom. The van der Waals surface area contributed by atoms with Gasteiger partial charge in [-0.3, -0.25) is 14.4 Å². The molecule has 4 N–H and O–H groups in total. The fourth-order valence-corrected chi connectivity index (χ4v) is 5.34. The standard InChI is InChI=1S/C17H18N2O7S/c1-7(20)17(18-12(23)10-8(21)5-4-6-9(10)22)14(26)19-11(13(24)25)16(2,3)27-15(17)19/h4-6,11,15,21-22H,1-3H3,(H,18,23)(H,24,25)/t11-,15+,17?/m0/s1. The molecule has 2 heterocycles. The molecule has 2 fully saturated rings. The third kappa shape index (κ3) is 2.47. The highest BCUT2D eigenvalue weighted by atomic mass is 32.2. The molecule has 0 bridgehead atoms. The minimum atomic E-state index is -1.96. The van der Waals surface area contributed by atoms with Crippen LogP contribution in [-0.2, 0) is 14.4 Å². The number of Topliss-reactive ketones (excluding diaryl/α,β-unsaturated/α-hetero) is 1. The van der Waals surface area contributed by atoms with E-state index in [1.54, 1.807) is 13.8 Å². The lowest BCUT2D eigenvalue weighted by molar-refractivity contribution is -0.170. The number of aliphatic carboxylic acids is 1. The number of carbonyl (C=O) groups is 4. The summed E-state index contributed by atoms with van der Waals surface area (Å²) in [6, 6.07) is 2.53. The van der Waals surface area contributed by atoms with Gasteiger partial charge in [0.2, 0.25) is 5.54 Å². The van der Waals surface area contributed by atoms with E-state index in [0.29, 0.717) is 0 Å². The van der Waals surface area contributed by atoms with Crippen LogP contribution in [0.4, 0.5) is 0 Å². The monoisotopic (exact) mass is 394 g/mol. The summed E-state index contributed by atoms with van der Waals surface area (Å²) >= 11 is 1.10. The maximum absolute atomic E-state index is 12.8. The van der Waals surface area contributed by atoms with Crippen molar-refractivity contribution in [3.63, 3.8) is 0 Å². The second kappa shape index (κ2) is 5.88. The molecule has 0 aliphatic carbocycles. The Balaban J connectivity index is 2.00. The van der Waals surface area contributed by atoms with Crippen molar-refractivity contribution in [2.24, 2.45) is 0 Å². The number of ketones is 1. The van der Waals surface area contributed by atoms with Crippen molar-refractivity contribution in [1.82, 2.24) is 10.2 Å². The minimum absolute atomic E-state index is 0.471. The van der Waals surface area contributed by atoms with Crippen LogP contribution in [0.15, 0.2) is 18.2 Å². The van der Waals surface area contributed by atoms with Crippen LogP contribution in [-0.4, -0.2) is 65.5 Å². The first kappa shape index (κ1) is 19.0. The molecule has 9 nitrogen and oxygen atoms in total. The second-order valence-electron chi connectivity index (χ2n) is 7.02. The number of phenols is 2.